The summed E-state index contributed by atoms with van der Waals surface area (Å²) in [7, 11) is 0. The van der Waals surface area contributed by atoms with E-state index < -0.39 is 11.6 Å². The van der Waals surface area contributed by atoms with Crippen molar-refractivity contribution in [2.45, 2.75) is 19.3 Å². The Kier molecular flexibility index (Phi) is 2.82. The minimum absolute atomic E-state index is 0.0838. The van der Waals surface area contributed by atoms with E-state index in [0.29, 0.717) is 22.5 Å². The average molecular weight is 251 g/mol. The molecule has 0 saturated carbocycles. The van der Waals surface area contributed by atoms with Gasteiger partial charge in [-0.2, -0.15) is 0 Å². The Morgan fingerprint density at radius 1 is 1.33 bits per heavy atom. The molecule has 1 aliphatic heterocycles. The van der Waals surface area contributed by atoms with Crippen molar-refractivity contribution >= 4 is 11.0 Å². The number of hydrogen-bond acceptors (Lipinski definition) is 2. The minimum Gasteiger partial charge on any atom is -0.464 e. The molecule has 2 aromatic rings. The number of hydrogen-bond donors (Lipinski definition) is 1. The normalized spacial score (nSPS) is 24.6. The fourth-order valence-corrected chi connectivity index (χ4v) is 2.87. The number of furan rings is 1. The predicted octanol–water partition coefficient (Wildman–Crippen LogP) is 3.42. The molecular weight excluding hydrogens is 236 g/mol. The lowest BCUT2D eigenvalue weighted by Crippen LogP contribution is -2.34. The maximum Gasteiger partial charge on any atom is 0.143 e. The Labute approximate surface area is 104 Å². The number of fused-ring (bicyclic) bond motifs is 1. The summed E-state index contributed by atoms with van der Waals surface area (Å²) in [6.45, 7) is 3.78. The van der Waals surface area contributed by atoms with Gasteiger partial charge in [0.25, 0.3) is 0 Å². The monoisotopic (exact) mass is 251 g/mol. The summed E-state index contributed by atoms with van der Waals surface area (Å²) >= 11 is 0. The van der Waals surface area contributed by atoms with Crippen molar-refractivity contribution < 1.29 is 13.2 Å². The summed E-state index contributed by atoms with van der Waals surface area (Å²) in [6, 6.07) is 2.53. The molecule has 0 spiro atoms. The molecular formula is C14H15F2NO. The first-order valence-corrected chi connectivity index (χ1v) is 6.24. The van der Waals surface area contributed by atoms with Gasteiger partial charge in [0.15, 0.2) is 0 Å². The zero-order valence-corrected chi connectivity index (χ0v) is 10.2. The lowest BCUT2D eigenvalue weighted by atomic mass is 9.81. The van der Waals surface area contributed by atoms with Crippen LogP contribution in [0.25, 0.3) is 11.0 Å². The molecule has 1 aliphatic rings. The number of nitrogens with one attached hydrogen (secondary N) is 1. The SMILES string of the molecule is C[C@H]1CNCC[C@H]1c1c(F)cc(F)c2ccoc12. The van der Waals surface area contributed by atoms with Gasteiger partial charge in [-0.3, -0.25) is 0 Å². The van der Waals surface area contributed by atoms with E-state index in [1.807, 2.05) is 0 Å². The van der Waals surface area contributed by atoms with E-state index in [1.54, 1.807) is 6.07 Å². The zero-order valence-electron chi connectivity index (χ0n) is 10.2. The van der Waals surface area contributed by atoms with Crippen LogP contribution in [0.3, 0.4) is 0 Å². The van der Waals surface area contributed by atoms with Gasteiger partial charge in [-0.25, -0.2) is 8.78 Å². The summed E-state index contributed by atoms with van der Waals surface area (Å²) in [6.07, 6.45) is 2.27. The molecule has 0 unspecified atom stereocenters. The zero-order chi connectivity index (χ0) is 12.7. The summed E-state index contributed by atoms with van der Waals surface area (Å²) < 4.78 is 33.0. The topological polar surface area (TPSA) is 25.2 Å². The minimum atomic E-state index is -0.554. The van der Waals surface area contributed by atoms with Crippen LogP contribution in [-0.4, -0.2) is 13.1 Å². The van der Waals surface area contributed by atoms with Gasteiger partial charge in [-0.05, 0) is 37.4 Å². The molecule has 1 aromatic carbocycles. The van der Waals surface area contributed by atoms with E-state index >= 15 is 0 Å². The van der Waals surface area contributed by atoms with Crippen LogP contribution >= 0.6 is 0 Å². The second kappa shape index (κ2) is 4.35. The number of rotatable bonds is 1. The van der Waals surface area contributed by atoms with Crippen molar-refractivity contribution in [3.05, 3.63) is 35.6 Å². The maximum absolute atomic E-state index is 14.1. The van der Waals surface area contributed by atoms with Crippen molar-refractivity contribution in [1.82, 2.24) is 5.32 Å². The highest BCUT2D eigenvalue weighted by Gasteiger charge is 2.29. The Hall–Kier alpha value is -1.42. The van der Waals surface area contributed by atoms with Crippen LogP contribution in [0.2, 0.25) is 0 Å². The van der Waals surface area contributed by atoms with Crippen LogP contribution in [0.15, 0.2) is 22.8 Å². The van der Waals surface area contributed by atoms with E-state index in [-0.39, 0.29) is 5.92 Å². The third kappa shape index (κ3) is 1.72. The Morgan fingerprint density at radius 2 is 2.17 bits per heavy atom. The van der Waals surface area contributed by atoms with Crippen LogP contribution in [0.5, 0.6) is 0 Å². The standard InChI is InChI=1S/C14H15F2NO/c1-8-7-17-4-2-9(8)13-12(16)6-11(15)10-3-5-18-14(10)13/h3,5-6,8-9,17H,2,4,7H2,1H3/t8-,9+/m0/s1. The summed E-state index contributed by atoms with van der Waals surface area (Å²) in [5.41, 5.74) is 0.900. The second-order valence-corrected chi connectivity index (χ2v) is 4.99. The predicted molar refractivity (Wildman–Crippen MR) is 65.5 cm³/mol. The van der Waals surface area contributed by atoms with E-state index in [0.717, 1.165) is 25.6 Å². The fourth-order valence-electron chi connectivity index (χ4n) is 2.87. The van der Waals surface area contributed by atoms with Crippen LogP contribution < -0.4 is 5.32 Å². The number of piperidine rings is 1. The summed E-state index contributed by atoms with van der Waals surface area (Å²) in [4.78, 5) is 0. The number of halogens is 2. The molecule has 18 heavy (non-hydrogen) atoms. The molecule has 1 N–H and O–H groups in total. The van der Waals surface area contributed by atoms with Crippen molar-refractivity contribution in [2.24, 2.45) is 5.92 Å². The molecule has 2 heterocycles. The van der Waals surface area contributed by atoms with Crippen molar-refractivity contribution in [3.8, 4) is 0 Å². The first-order valence-electron chi connectivity index (χ1n) is 6.24. The molecule has 0 bridgehead atoms. The van der Waals surface area contributed by atoms with Gasteiger partial charge in [0.2, 0.25) is 0 Å². The molecule has 96 valence electrons. The molecule has 4 heteroatoms. The van der Waals surface area contributed by atoms with Gasteiger partial charge in [0.05, 0.1) is 11.6 Å². The third-order valence-electron chi connectivity index (χ3n) is 3.83. The van der Waals surface area contributed by atoms with Gasteiger partial charge in [0, 0.05) is 11.6 Å². The first-order chi connectivity index (χ1) is 8.68. The lowest BCUT2D eigenvalue weighted by Gasteiger charge is -2.30. The summed E-state index contributed by atoms with van der Waals surface area (Å²) in [5, 5.41) is 3.65. The molecule has 1 saturated heterocycles. The fraction of sp³-hybridized carbons (Fsp3) is 0.429. The Bertz CT molecular complexity index is 578. The number of benzene rings is 1. The molecule has 1 fully saturated rings. The Balaban J connectivity index is 2.18. The highest BCUT2D eigenvalue weighted by atomic mass is 19.1. The molecule has 1 aromatic heterocycles. The molecule has 2 atom stereocenters. The van der Waals surface area contributed by atoms with Crippen LogP contribution in [0.4, 0.5) is 8.78 Å². The lowest BCUT2D eigenvalue weighted by molar-refractivity contribution is 0.340. The van der Waals surface area contributed by atoms with E-state index in [9.17, 15) is 8.78 Å². The van der Waals surface area contributed by atoms with E-state index in [1.165, 1.54) is 6.26 Å². The van der Waals surface area contributed by atoms with Gasteiger partial charge >= 0.3 is 0 Å². The molecule has 0 radical (unpaired) electrons. The van der Waals surface area contributed by atoms with Gasteiger partial charge in [-0.15, -0.1) is 0 Å². The highest BCUT2D eigenvalue weighted by Crippen LogP contribution is 2.37. The maximum atomic E-state index is 14.1. The largest absolute Gasteiger partial charge is 0.464 e. The third-order valence-corrected chi connectivity index (χ3v) is 3.83. The Morgan fingerprint density at radius 3 is 2.94 bits per heavy atom. The molecule has 3 rings (SSSR count). The van der Waals surface area contributed by atoms with Crippen LogP contribution in [0.1, 0.15) is 24.8 Å². The molecule has 0 amide bonds. The van der Waals surface area contributed by atoms with Crippen LogP contribution in [-0.2, 0) is 0 Å². The van der Waals surface area contributed by atoms with Crippen molar-refractivity contribution in [3.63, 3.8) is 0 Å². The van der Waals surface area contributed by atoms with E-state index in [2.05, 4.69) is 12.2 Å². The highest BCUT2D eigenvalue weighted by molar-refractivity contribution is 5.81. The van der Waals surface area contributed by atoms with Crippen molar-refractivity contribution in [1.29, 1.82) is 0 Å². The average Bonchev–Trinajstić information content (AvgIpc) is 2.81. The van der Waals surface area contributed by atoms with Gasteiger partial charge < -0.3 is 9.73 Å². The quantitative estimate of drug-likeness (QED) is 0.840. The van der Waals surface area contributed by atoms with Crippen molar-refractivity contribution in [2.75, 3.05) is 13.1 Å². The van der Waals surface area contributed by atoms with Gasteiger partial charge in [0.1, 0.15) is 17.2 Å². The van der Waals surface area contributed by atoms with Crippen LogP contribution in [0, 0.1) is 17.6 Å². The smallest absolute Gasteiger partial charge is 0.143 e. The molecule has 2 nitrogen and oxygen atoms in total. The van der Waals surface area contributed by atoms with E-state index in [4.69, 9.17) is 4.42 Å². The van der Waals surface area contributed by atoms with Gasteiger partial charge in [-0.1, -0.05) is 6.92 Å². The molecule has 0 aliphatic carbocycles. The second-order valence-electron chi connectivity index (χ2n) is 4.99. The summed E-state index contributed by atoms with van der Waals surface area (Å²) in [5.74, 6) is -0.650. The first kappa shape index (κ1) is 11.7.